The van der Waals surface area contributed by atoms with Crippen LogP contribution in [0, 0.1) is 0 Å². The van der Waals surface area contributed by atoms with Crippen LogP contribution in [0.15, 0.2) is 68.0 Å². The van der Waals surface area contributed by atoms with Gasteiger partial charge in [0.25, 0.3) is 5.56 Å². The van der Waals surface area contributed by atoms with E-state index in [1.165, 1.54) is 16.9 Å². The zero-order valence-corrected chi connectivity index (χ0v) is 24.1. The molecule has 0 fully saturated rings. The van der Waals surface area contributed by atoms with Crippen LogP contribution in [-0.4, -0.2) is 24.3 Å². The number of allylic oxidation sites excluding steroid dienone is 1. The zero-order chi connectivity index (χ0) is 26.7. The van der Waals surface area contributed by atoms with Crippen molar-refractivity contribution in [1.82, 2.24) is 4.57 Å². The van der Waals surface area contributed by atoms with Crippen LogP contribution in [0.4, 0.5) is 0 Å². The molecule has 6 nitrogen and oxygen atoms in total. The summed E-state index contributed by atoms with van der Waals surface area (Å²) in [4.78, 5) is 32.6. The molecule has 1 aromatic heterocycles. The maximum atomic E-state index is 13.9. The smallest absolute Gasteiger partial charge is 0.338 e. The summed E-state index contributed by atoms with van der Waals surface area (Å²) >= 11 is 4.89. The molecule has 1 aliphatic rings. The minimum absolute atomic E-state index is 0.200. The molecule has 0 bridgehead atoms. The minimum atomic E-state index is -0.617. The first-order valence-electron chi connectivity index (χ1n) is 12.4. The lowest BCUT2D eigenvalue weighted by atomic mass is 9.92. The van der Waals surface area contributed by atoms with Crippen LogP contribution in [0.5, 0.6) is 5.75 Å². The topological polar surface area (TPSA) is 69.9 Å². The van der Waals surface area contributed by atoms with Gasteiger partial charge in [0.2, 0.25) is 0 Å². The molecule has 0 N–H and O–H groups in total. The van der Waals surface area contributed by atoms with Crippen molar-refractivity contribution in [3.05, 3.63) is 94.6 Å². The minimum Gasteiger partial charge on any atom is -0.497 e. The number of ether oxygens (including phenoxy) is 2. The van der Waals surface area contributed by atoms with E-state index in [0.717, 1.165) is 22.0 Å². The number of aromatic nitrogens is 1. The molecule has 0 spiro atoms. The number of benzene rings is 2. The molecule has 0 amide bonds. The summed E-state index contributed by atoms with van der Waals surface area (Å²) < 4.78 is 13.9. The Morgan fingerprint density at radius 1 is 1.19 bits per heavy atom. The molecule has 0 unspecified atom stereocenters. The van der Waals surface area contributed by atoms with Gasteiger partial charge in [0.05, 0.1) is 35.6 Å². The number of methoxy groups -OCH3 is 1. The molecule has 1 aliphatic heterocycles. The predicted molar refractivity (Wildman–Crippen MR) is 151 cm³/mol. The number of esters is 1. The van der Waals surface area contributed by atoms with E-state index in [4.69, 9.17) is 14.5 Å². The number of nitrogens with zero attached hydrogens (tertiary/aromatic N) is 2. The monoisotopic (exact) mass is 582 g/mol. The Kier molecular flexibility index (Phi) is 8.49. The first-order chi connectivity index (χ1) is 17.8. The van der Waals surface area contributed by atoms with Gasteiger partial charge in [0, 0.05) is 4.47 Å². The number of carbonyl (C=O) groups excluding carboxylic acids is 1. The number of hydrogen-bond acceptors (Lipinski definition) is 6. The summed E-state index contributed by atoms with van der Waals surface area (Å²) in [5.74, 6) is 0.630. The van der Waals surface area contributed by atoms with E-state index in [-0.39, 0.29) is 12.2 Å². The number of fused-ring (bicyclic) bond motifs is 1. The fourth-order valence-corrected chi connectivity index (χ4v) is 5.77. The van der Waals surface area contributed by atoms with E-state index >= 15 is 0 Å². The van der Waals surface area contributed by atoms with Crippen molar-refractivity contribution in [1.29, 1.82) is 0 Å². The van der Waals surface area contributed by atoms with E-state index in [1.54, 1.807) is 18.6 Å². The molecule has 0 radical (unpaired) electrons. The lowest BCUT2D eigenvalue weighted by Crippen LogP contribution is -2.40. The van der Waals surface area contributed by atoms with Crippen LogP contribution in [-0.2, 0) is 9.53 Å². The first-order valence-corrected chi connectivity index (χ1v) is 14.0. The van der Waals surface area contributed by atoms with Crippen LogP contribution < -0.4 is 19.6 Å². The van der Waals surface area contributed by atoms with Crippen molar-refractivity contribution in [3.63, 3.8) is 0 Å². The van der Waals surface area contributed by atoms with Crippen LogP contribution in [0.25, 0.3) is 6.08 Å². The SMILES string of the molecule is CCCC1=C(C(=O)OCC)[C@@H](c2ccc(C(C)C)cc2)n2c(s/c(=C\c3cc(OC)ccc3Br)c2=O)=N1. The molecule has 1 atom stereocenters. The number of thiazole rings is 1. The van der Waals surface area contributed by atoms with E-state index in [9.17, 15) is 9.59 Å². The van der Waals surface area contributed by atoms with E-state index in [0.29, 0.717) is 38.7 Å². The average molecular weight is 584 g/mol. The molecular formula is C29H31BrN2O4S. The Morgan fingerprint density at radius 3 is 2.54 bits per heavy atom. The molecule has 0 saturated heterocycles. The molecule has 37 heavy (non-hydrogen) atoms. The molecule has 0 aliphatic carbocycles. The lowest BCUT2D eigenvalue weighted by Gasteiger charge is -2.26. The molecule has 2 aromatic carbocycles. The Hall–Kier alpha value is -2.97. The Balaban J connectivity index is 1.99. The highest BCUT2D eigenvalue weighted by Crippen LogP contribution is 2.33. The summed E-state index contributed by atoms with van der Waals surface area (Å²) in [5.41, 5.74) is 3.77. The predicted octanol–water partition coefficient (Wildman–Crippen LogP) is 5.47. The van der Waals surface area contributed by atoms with Gasteiger partial charge in [0.1, 0.15) is 5.75 Å². The molecule has 4 rings (SSSR count). The van der Waals surface area contributed by atoms with E-state index in [1.807, 2.05) is 43.3 Å². The van der Waals surface area contributed by atoms with Gasteiger partial charge in [-0.25, -0.2) is 9.79 Å². The summed E-state index contributed by atoms with van der Waals surface area (Å²) in [5, 5.41) is 0. The van der Waals surface area contributed by atoms with Crippen LogP contribution in [0.1, 0.15) is 69.2 Å². The normalized spacial score (nSPS) is 15.5. The van der Waals surface area contributed by atoms with E-state index in [2.05, 4.69) is 41.9 Å². The van der Waals surface area contributed by atoms with Crippen molar-refractivity contribution in [2.75, 3.05) is 13.7 Å². The van der Waals surface area contributed by atoms with Crippen molar-refractivity contribution in [2.45, 2.75) is 52.5 Å². The maximum absolute atomic E-state index is 13.9. The maximum Gasteiger partial charge on any atom is 0.338 e. The van der Waals surface area contributed by atoms with Crippen molar-refractivity contribution < 1.29 is 14.3 Å². The molecule has 0 saturated carbocycles. The van der Waals surface area contributed by atoms with Gasteiger partial charge < -0.3 is 9.47 Å². The highest BCUT2D eigenvalue weighted by atomic mass is 79.9. The Morgan fingerprint density at radius 2 is 1.92 bits per heavy atom. The highest BCUT2D eigenvalue weighted by Gasteiger charge is 2.34. The highest BCUT2D eigenvalue weighted by molar-refractivity contribution is 9.10. The van der Waals surface area contributed by atoms with Crippen LogP contribution in [0.2, 0.25) is 0 Å². The molecule has 8 heteroatoms. The molecule has 3 aromatic rings. The van der Waals surface area contributed by atoms with E-state index < -0.39 is 12.0 Å². The number of carbonyl (C=O) groups is 1. The Labute approximate surface area is 229 Å². The number of halogens is 1. The number of rotatable bonds is 8. The fourth-order valence-electron chi connectivity index (χ4n) is 4.40. The largest absolute Gasteiger partial charge is 0.497 e. The second-order valence-corrected chi connectivity index (χ2v) is 11.0. The molecule has 2 heterocycles. The van der Waals surface area contributed by atoms with Gasteiger partial charge in [-0.05, 0) is 60.2 Å². The summed E-state index contributed by atoms with van der Waals surface area (Å²) in [6, 6.07) is 13.1. The van der Waals surface area contributed by atoms with Crippen molar-refractivity contribution in [2.24, 2.45) is 4.99 Å². The van der Waals surface area contributed by atoms with Gasteiger partial charge in [0.15, 0.2) is 4.80 Å². The lowest BCUT2D eigenvalue weighted by molar-refractivity contribution is -0.139. The van der Waals surface area contributed by atoms with Gasteiger partial charge in [-0.2, -0.15) is 0 Å². The summed E-state index contributed by atoms with van der Waals surface area (Å²) in [6.45, 7) is 8.35. The second-order valence-electron chi connectivity index (χ2n) is 9.12. The van der Waals surface area contributed by atoms with Gasteiger partial charge in [-0.15, -0.1) is 0 Å². The third-order valence-electron chi connectivity index (χ3n) is 6.30. The summed E-state index contributed by atoms with van der Waals surface area (Å²) in [7, 11) is 1.61. The zero-order valence-electron chi connectivity index (χ0n) is 21.7. The third-order valence-corrected chi connectivity index (χ3v) is 8.01. The molecule has 194 valence electrons. The fraction of sp³-hybridized carbons (Fsp3) is 0.345. The summed E-state index contributed by atoms with van der Waals surface area (Å²) in [6.07, 6.45) is 3.26. The van der Waals surface area contributed by atoms with Crippen LogP contribution >= 0.6 is 27.3 Å². The van der Waals surface area contributed by atoms with Crippen LogP contribution in [0.3, 0.4) is 0 Å². The standard InChI is InChI=1S/C29H31BrN2O4S/c1-6-8-23-25(28(34)36-7-2)26(19-11-9-18(10-12-19)17(3)4)32-27(33)24(37-29(32)31-23)16-20-15-21(35-5)13-14-22(20)30/h9-17,26H,6-8H2,1-5H3/b24-16-/t26-/m1/s1. The molecular weight excluding hydrogens is 552 g/mol. The Bertz CT molecular complexity index is 1520. The van der Waals surface area contributed by atoms with Gasteiger partial charge in [-0.3, -0.25) is 9.36 Å². The van der Waals surface area contributed by atoms with Gasteiger partial charge in [-0.1, -0.05) is 78.7 Å². The van der Waals surface area contributed by atoms with Crippen molar-refractivity contribution in [3.8, 4) is 5.75 Å². The second kappa shape index (κ2) is 11.6. The first kappa shape index (κ1) is 27.1. The third kappa shape index (κ3) is 5.50. The average Bonchev–Trinajstić information content (AvgIpc) is 3.19. The van der Waals surface area contributed by atoms with Gasteiger partial charge >= 0.3 is 5.97 Å². The van der Waals surface area contributed by atoms with Crippen molar-refractivity contribution >= 4 is 39.3 Å². The number of hydrogen-bond donors (Lipinski definition) is 0. The quantitative estimate of drug-likeness (QED) is 0.330.